The zero-order valence-electron chi connectivity index (χ0n) is 18.9. The van der Waals surface area contributed by atoms with Gasteiger partial charge in [0.2, 0.25) is 5.91 Å². The quantitative estimate of drug-likeness (QED) is 0.799. The van der Waals surface area contributed by atoms with Crippen molar-refractivity contribution >= 4 is 5.91 Å². The molecule has 1 aromatic heterocycles. The van der Waals surface area contributed by atoms with Gasteiger partial charge in [0.1, 0.15) is 0 Å². The van der Waals surface area contributed by atoms with E-state index in [1.54, 1.807) is 0 Å². The first-order chi connectivity index (χ1) is 15.6. The Kier molecular flexibility index (Phi) is 5.07. The Bertz CT molecular complexity index is 1000. The third kappa shape index (κ3) is 3.29. The highest BCUT2D eigenvalue weighted by Gasteiger charge is 2.60. The first kappa shape index (κ1) is 20.4. The Hall–Kier alpha value is -2.24. The molecule has 6 rings (SSSR count). The number of nitrogens with one attached hydrogen (secondary N) is 1. The van der Waals surface area contributed by atoms with Crippen LogP contribution in [0.4, 0.5) is 0 Å². The molecule has 3 aliphatic heterocycles. The van der Waals surface area contributed by atoms with Crippen molar-refractivity contribution in [3.05, 3.63) is 53.9 Å². The molecule has 5 nitrogen and oxygen atoms in total. The lowest BCUT2D eigenvalue weighted by Crippen LogP contribution is -2.42. The zero-order chi connectivity index (χ0) is 21.7. The molecule has 3 fully saturated rings. The fourth-order valence-electron chi connectivity index (χ4n) is 6.80. The Labute approximate surface area is 190 Å². The van der Waals surface area contributed by atoms with E-state index in [9.17, 15) is 4.79 Å². The number of benzene rings is 1. The van der Waals surface area contributed by atoms with Crippen molar-refractivity contribution in [1.29, 1.82) is 0 Å². The number of carbonyl (C=O) groups excluding carboxylic acids is 1. The number of hydrogen-bond donors (Lipinski definition) is 1. The van der Waals surface area contributed by atoms with Crippen molar-refractivity contribution in [2.24, 2.45) is 11.3 Å². The van der Waals surface area contributed by atoms with Crippen molar-refractivity contribution in [1.82, 2.24) is 15.2 Å². The minimum absolute atomic E-state index is 0.197. The van der Waals surface area contributed by atoms with Crippen LogP contribution in [0.2, 0.25) is 0 Å². The van der Waals surface area contributed by atoms with E-state index >= 15 is 0 Å². The molecule has 0 radical (unpaired) electrons. The van der Waals surface area contributed by atoms with Crippen molar-refractivity contribution < 1.29 is 9.53 Å². The third-order valence-corrected chi connectivity index (χ3v) is 8.69. The average molecular weight is 432 g/mol. The van der Waals surface area contributed by atoms with Crippen LogP contribution in [0.1, 0.15) is 50.3 Å². The van der Waals surface area contributed by atoms with Gasteiger partial charge in [0.05, 0.1) is 5.41 Å². The summed E-state index contributed by atoms with van der Waals surface area (Å²) in [4.78, 5) is 20.9. The van der Waals surface area contributed by atoms with Crippen LogP contribution in [0.5, 0.6) is 0 Å². The van der Waals surface area contributed by atoms with Gasteiger partial charge in [-0.2, -0.15) is 0 Å². The molecule has 1 spiro atoms. The third-order valence-electron chi connectivity index (χ3n) is 8.69. The highest BCUT2D eigenvalue weighted by atomic mass is 16.5. The molecule has 1 saturated carbocycles. The summed E-state index contributed by atoms with van der Waals surface area (Å²) in [5.41, 5.74) is 4.52. The Balaban J connectivity index is 1.21. The number of ether oxygens (including phenoxy) is 1. The molecule has 1 N–H and O–H groups in total. The number of hydrogen-bond acceptors (Lipinski definition) is 4. The smallest absolute Gasteiger partial charge is 0.229 e. The minimum atomic E-state index is -0.197. The minimum Gasteiger partial charge on any atom is -0.381 e. The molecule has 4 atom stereocenters. The van der Waals surface area contributed by atoms with Gasteiger partial charge in [-0.25, -0.2) is 0 Å². The van der Waals surface area contributed by atoms with Crippen LogP contribution < -0.4 is 5.32 Å². The molecule has 1 amide bonds. The summed E-state index contributed by atoms with van der Waals surface area (Å²) in [5.74, 6) is 0.766. The number of pyridine rings is 1. The Morgan fingerprint density at radius 2 is 1.91 bits per heavy atom. The first-order valence-corrected chi connectivity index (χ1v) is 12.3. The largest absolute Gasteiger partial charge is 0.381 e. The molecule has 2 unspecified atom stereocenters. The number of fused-ring (bicyclic) bond motifs is 2. The highest BCUT2D eigenvalue weighted by molar-refractivity contribution is 5.87. The SMILES string of the molecule is CC1C2Cc3ncc(-c4ccccc4)cc3CN2C(=O)[C@]12CC[C@@H](NC1CCOCC1)C2. The molecule has 32 heavy (non-hydrogen) atoms. The van der Waals surface area contributed by atoms with Crippen molar-refractivity contribution in [3.8, 4) is 11.1 Å². The maximum absolute atomic E-state index is 13.8. The molecular weight excluding hydrogens is 398 g/mol. The standard InChI is InChI=1S/C27H33N3O2/c1-18-25-14-24-21(13-20(16-28-24)19-5-3-2-4-6-19)17-30(25)26(31)27(18)10-7-23(15-27)29-22-8-11-32-12-9-22/h2-6,13,16,18,22-23,25,29H,7-12,14-15,17H2,1H3/t18?,23-,25?,27+/m1/s1. The summed E-state index contributed by atoms with van der Waals surface area (Å²) in [6, 6.07) is 13.9. The predicted octanol–water partition coefficient (Wildman–Crippen LogP) is 3.96. The fourth-order valence-corrected chi connectivity index (χ4v) is 6.80. The van der Waals surface area contributed by atoms with Crippen molar-refractivity contribution in [2.45, 2.75) is 70.1 Å². The van der Waals surface area contributed by atoms with Gasteiger partial charge >= 0.3 is 0 Å². The number of nitrogens with zero attached hydrogens (tertiary/aromatic N) is 2. The first-order valence-electron chi connectivity index (χ1n) is 12.3. The maximum atomic E-state index is 13.8. The van der Waals surface area contributed by atoms with E-state index in [-0.39, 0.29) is 11.5 Å². The van der Waals surface area contributed by atoms with Gasteiger partial charge in [-0.05, 0) is 55.2 Å². The molecule has 1 aromatic carbocycles. The summed E-state index contributed by atoms with van der Waals surface area (Å²) >= 11 is 0. The van der Waals surface area contributed by atoms with Gasteiger partial charge in [0, 0.05) is 61.8 Å². The van der Waals surface area contributed by atoms with E-state index in [0.717, 1.165) is 57.3 Å². The lowest BCUT2D eigenvalue weighted by Gasteiger charge is -2.33. The van der Waals surface area contributed by atoms with E-state index in [2.05, 4.69) is 47.5 Å². The van der Waals surface area contributed by atoms with Crippen LogP contribution in [-0.2, 0) is 22.5 Å². The zero-order valence-corrected chi connectivity index (χ0v) is 18.9. The molecule has 0 bridgehead atoms. The summed E-state index contributed by atoms with van der Waals surface area (Å²) in [7, 11) is 0. The number of amides is 1. The Morgan fingerprint density at radius 3 is 2.72 bits per heavy atom. The van der Waals surface area contributed by atoms with Crippen LogP contribution in [0.3, 0.4) is 0 Å². The van der Waals surface area contributed by atoms with Gasteiger partial charge in [0.25, 0.3) is 0 Å². The van der Waals surface area contributed by atoms with E-state index < -0.39 is 0 Å². The van der Waals surface area contributed by atoms with Gasteiger partial charge in [-0.3, -0.25) is 9.78 Å². The topological polar surface area (TPSA) is 54.5 Å². The summed E-state index contributed by atoms with van der Waals surface area (Å²) in [5, 5.41) is 3.87. The lowest BCUT2D eigenvalue weighted by atomic mass is 9.73. The summed E-state index contributed by atoms with van der Waals surface area (Å²) < 4.78 is 5.52. The van der Waals surface area contributed by atoms with E-state index in [1.165, 1.54) is 16.8 Å². The van der Waals surface area contributed by atoms with Crippen LogP contribution in [0.15, 0.2) is 42.6 Å². The average Bonchev–Trinajstić information content (AvgIpc) is 3.35. The lowest BCUT2D eigenvalue weighted by molar-refractivity contribution is -0.137. The van der Waals surface area contributed by atoms with E-state index in [0.29, 0.717) is 30.5 Å². The molecule has 2 aromatic rings. The molecule has 5 heteroatoms. The number of aromatic nitrogens is 1. The number of rotatable bonds is 3. The van der Waals surface area contributed by atoms with Gasteiger partial charge in [-0.1, -0.05) is 37.3 Å². The van der Waals surface area contributed by atoms with Crippen LogP contribution in [0.25, 0.3) is 11.1 Å². The van der Waals surface area contributed by atoms with Gasteiger partial charge < -0.3 is 15.0 Å². The second kappa shape index (κ2) is 7.96. The van der Waals surface area contributed by atoms with Gasteiger partial charge in [-0.15, -0.1) is 0 Å². The molecule has 4 aliphatic rings. The number of carbonyl (C=O) groups is 1. The second-order valence-corrected chi connectivity index (χ2v) is 10.3. The highest BCUT2D eigenvalue weighted by Crippen LogP contribution is 2.54. The van der Waals surface area contributed by atoms with Gasteiger partial charge in [0.15, 0.2) is 0 Å². The predicted molar refractivity (Wildman–Crippen MR) is 124 cm³/mol. The van der Waals surface area contributed by atoms with E-state index in [4.69, 9.17) is 9.72 Å². The van der Waals surface area contributed by atoms with Crippen LogP contribution >= 0.6 is 0 Å². The molecule has 1 aliphatic carbocycles. The van der Waals surface area contributed by atoms with E-state index in [1.807, 2.05) is 12.3 Å². The van der Waals surface area contributed by atoms with Crippen molar-refractivity contribution in [3.63, 3.8) is 0 Å². The van der Waals surface area contributed by atoms with Crippen LogP contribution in [-0.4, -0.2) is 47.1 Å². The molecule has 2 saturated heterocycles. The Morgan fingerprint density at radius 1 is 1.09 bits per heavy atom. The normalized spacial score (nSPS) is 32.3. The second-order valence-electron chi connectivity index (χ2n) is 10.3. The fraction of sp³-hybridized carbons (Fsp3) is 0.556. The van der Waals surface area contributed by atoms with Crippen LogP contribution in [0, 0.1) is 11.3 Å². The molecule has 4 heterocycles. The van der Waals surface area contributed by atoms with Crippen molar-refractivity contribution in [2.75, 3.05) is 13.2 Å². The summed E-state index contributed by atoms with van der Waals surface area (Å²) in [6.07, 6.45) is 8.17. The maximum Gasteiger partial charge on any atom is 0.229 e. The monoisotopic (exact) mass is 431 g/mol. The molecular formula is C27H33N3O2. The molecule has 168 valence electrons. The summed E-state index contributed by atoms with van der Waals surface area (Å²) in [6.45, 7) is 4.74.